The Hall–Kier alpha value is -2.65. The fraction of sp³-hybridized carbons (Fsp3) is 0.409. The summed E-state index contributed by atoms with van der Waals surface area (Å²) in [6.45, 7) is 3.93. The Balaban J connectivity index is 1.36. The van der Waals surface area contributed by atoms with E-state index in [0.29, 0.717) is 29.8 Å². The van der Waals surface area contributed by atoms with E-state index < -0.39 is 10.0 Å². The number of nitrogens with zero attached hydrogens (tertiary/aromatic N) is 2. The number of rotatable bonds is 5. The van der Waals surface area contributed by atoms with Gasteiger partial charge in [0, 0.05) is 42.6 Å². The average Bonchev–Trinajstić information content (AvgIpc) is 2.78. The molecule has 0 atom stereocenters. The Kier molecular flexibility index (Phi) is 6.95. The molecule has 2 aliphatic heterocycles. The summed E-state index contributed by atoms with van der Waals surface area (Å²) in [7, 11) is -3.45. The summed E-state index contributed by atoms with van der Waals surface area (Å²) < 4.78 is 31.7. The zero-order chi connectivity index (χ0) is 22.6. The van der Waals surface area contributed by atoms with Crippen molar-refractivity contribution in [2.24, 2.45) is 10.9 Å². The lowest BCUT2D eigenvalue weighted by molar-refractivity contribution is 0.323. The number of sulfonamides is 1. The SMILES string of the molecule is CS(=O)(=O)NC(=NCC1CCN(c2ccc3c(c2)NCCO3)CC1)Nc1ccc(Cl)cc1. The fourth-order valence-electron chi connectivity index (χ4n) is 3.86. The summed E-state index contributed by atoms with van der Waals surface area (Å²) in [6.07, 6.45) is 3.08. The van der Waals surface area contributed by atoms with Crippen molar-refractivity contribution in [3.8, 4) is 5.75 Å². The minimum absolute atomic E-state index is 0.220. The van der Waals surface area contributed by atoms with Gasteiger partial charge in [-0.05, 0) is 61.2 Å². The Bertz CT molecular complexity index is 1070. The second-order valence-electron chi connectivity index (χ2n) is 8.08. The van der Waals surface area contributed by atoms with Gasteiger partial charge in [-0.3, -0.25) is 9.71 Å². The number of nitrogens with one attached hydrogen (secondary N) is 3. The fourth-order valence-corrected chi connectivity index (χ4v) is 4.46. The zero-order valence-electron chi connectivity index (χ0n) is 18.0. The molecule has 2 aromatic carbocycles. The summed E-state index contributed by atoms with van der Waals surface area (Å²) in [5.74, 6) is 1.51. The molecule has 0 bridgehead atoms. The van der Waals surface area contributed by atoms with Gasteiger partial charge in [0.25, 0.3) is 0 Å². The lowest BCUT2D eigenvalue weighted by Crippen LogP contribution is -2.37. The van der Waals surface area contributed by atoms with Crippen molar-refractivity contribution in [1.29, 1.82) is 0 Å². The van der Waals surface area contributed by atoms with Gasteiger partial charge in [0.05, 0.1) is 11.9 Å². The molecule has 2 aliphatic rings. The van der Waals surface area contributed by atoms with Gasteiger partial charge in [-0.1, -0.05) is 11.6 Å². The van der Waals surface area contributed by atoms with E-state index in [4.69, 9.17) is 16.3 Å². The van der Waals surface area contributed by atoms with Gasteiger partial charge in [0.2, 0.25) is 16.0 Å². The molecule has 0 aromatic heterocycles. The highest BCUT2D eigenvalue weighted by molar-refractivity contribution is 7.89. The summed E-state index contributed by atoms with van der Waals surface area (Å²) >= 11 is 5.93. The Morgan fingerprint density at radius 2 is 1.97 bits per heavy atom. The Labute approximate surface area is 194 Å². The molecule has 0 spiro atoms. The highest BCUT2D eigenvalue weighted by Gasteiger charge is 2.21. The highest BCUT2D eigenvalue weighted by Crippen LogP contribution is 2.33. The summed E-state index contributed by atoms with van der Waals surface area (Å²) in [6, 6.07) is 13.3. The van der Waals surface area contributed by atoms with Crippen LogP contribution < -0.4 is 25.0 Å². The third kappa shape index (κ3) is 6.20. The van der Waals surface area contributed by atoms with E-state index in [9.17, 15) is 8.42 Å². The van der Waals surface area contributed by atoms with Gasteiger partial charge in [0.1, 0.15) is 12.4 Å². The van der Waals surface area contributed by atoms with Crippen molar-refractivity contribution in [2.45, 2.75) is 12.8 Å². The molecule has 4 rings (SSSR count). The van der Waals surface area contributed by atoms with Crippen LogP contribution in [-0.4, -0.2) is 53.4 Å². The third-order valence-corrected chi connectivity index (χ3v) is 6.33. The maximum Gasteiger partial charge on any atom is 0.232 e. The molecule has 0 saturated carbocycles. The monoisotopic (exact) mass is 477 g/mol. The summed E-state index contributed by atoms with van der Waals surface area (Å²) in [5, 5.41) is 7.03. The van der Waals surface area contributed by atoms with Gasteiger partial charge >= 0.3 is 0 Å². The lowest BCUT2D eigenvalue weighted by Gasteiger charge is -2.34. The zero-order valence-corrected chi connectivity index (χ0v) is 19.5. The molecule has 0 unspecified atom stereocenters. The number of piperidine rings is 1. The summed E-state index contributed by atoms with van der Waals surface area (Å²) in [4.78, 5) is 6.92. The predicted octanol–water partition coefficient (Wildman–Crippen LogP) is 3.38. The normalized spacial score (nSPS) is 17.2. The Morgan fingerprint density at radius 3 is 2.69 bits per heavy atom. The van der Waals surface area contributed by atoms with E-state index >= 15 is 0 Å². The van der Waals surface area contributed by atoms with Crippen LogP contribution in [0.25, 0.3) is 0 Å². The van der Waals surface area contributed by atoms with Crippen LogP contribution in [0.5, 0.6) is 5.75 Å². The van der Waals surface area contributed by atoms with Gasteiger partial charge in [-0.25, -0.2) is 8.42 Å². The highest BCUT2D eigenvalue weighted by atomic mass is 35.5. The van der Waals surface area contributed by atoms with Crippen molar-refractivity contribution in [3.63, 3.8) is 0 Å². The number of halogens is 1. The number of benzene rings is 2. The van der Waals surface area contributed by atoms with Crippen LogP contribution in [0, 0.1) is 5.92 Å². The first-order chi connectivity index (χ1) is 15.4. The molecule has 3 N–H and O–H groups in total. The third-order valence-electron chi connectivity index (χ3n) is 5.51. The van der Waals surface area contributed by atoms with Crippen LogP contribution in [0.4, 0.5) is 17.1 Å². The van der Waals surface area contributed by atoms with E-state index in [2.05, 4.69) is 37.4 Å². The van der Waals surface area contributed by atoms with Gasteiger partial charge < -0.3 is 20.3 Å². The van der Waals surface area contributed by atoms with Crippen molar-refractivity contribution in [2.75, 3.05) is 54.6 Å². The topological polar surface area (TPSA) is 95.1 Å². The number of anilines is 3. The molecule has 2 aromatic rings. The van der Waals surface area contributed by atoms with Crippen LogP contribution in [0.2, 0.25) is 5.02 Å². The molecular formula is C22H28ClN5O3S. The van der Waals surface area contributed by atoms with E-state index in [-0.39, 0.29) is 5.96 Å². The number of hydrogen-bond acceptors (Lipinski definition) is 6. The second-order valence-corrected chi connectivity index (χ2v) is 10.3. The molecule has 172 valence electrons. The van der Waals surface area contributed by atoms with Crippen molar-refractivity contribution in [1.82, 2.24) is 4.72 Å². The van der Waals surface area contributed by atoms with Crippen molar-refractivity contribution in [3.05, 3.63) is 47.5 Å². The molecule has 1 saturated heterocycles. The maximum atomic E-state index is 11.8. The minimum Gasteiger partial charge on any atom is -0.490 e. The number of fused-ring (bicyclic) bond motifs is 1. The second kappa shape index (κ2) is 9.87. The van der Waals surface area contributed by atoms with Crippen molar-refractivity contribution >= 4 is 44.6 Å². The van der Waals surface area contributed by atoms with E-state index in [1.165, 1.54) is 5.69 Å². The molecule has 2 heterocycles. The van der Waals surface area contributed by atoms with E-state index in [1.54, 1.807) is 24.3 Å². The minimum atomic E-state index is -3.45. The molecule has 0 aliphatic carbocycles. The first-order valence-corrected chi connectivity index (χ1v) is 12.9. The smallest absolute Gasteiger partial charge is 0.232 e. The molecular weight excluding hydrogens is 450 g/mol. The molecule has 0 amide bonds. The molecule has 0 radical (unpaired) electrons. The average molecular weight is 478 g/mol. The molecule has 8 nitrogen and oxygen atoms in total. The number of aliphatic imine (C=N–C) groups is 1. The van der Waals surface area contributed by atoms with E-state index in [1.807, 2.05) is 6.07 Å². The van der Waals surface area contributed by atoms with Crippen LogP contribution in [-0.2, 0) is 10.0 Å². The van der Waals surface area contributed by atoms with Crippen LogP contribution >= 0.6 is 11.6 Å². The summed E-state index contributed by atoms with van der Waals surface area (Å²) in [5.41, 5.74) is 2.95. The molecule has 1 fully saturated rings. The quantitative estimate of drug-likeness (QED) is 0.451. The first-order valence-electron chi connectivity index (χ1n) is 10.7. The first kappa shape index (κ1) is 22.5. The van der Waals surface area contributed by atoms with Gasteiger partial charge in [-0.2, -0.15) is 0 Å². The number of guanidine groups is 1. The van der Waals surface area contributed by atoms with Gasteiger partial charge in [0.15, 0.2) is 0 Å². The largest absolute Gasteiger partial charge is 0.490 e. The van der Waals surface area contributed by atoms with Crippen molar-refractivity contribution < 1.29 is 13.2 Å². The number of ether oxygens (including phenoxy) is 1. The molecule has 10 heteroatoms. The predicted molar refractivity (Wildman–Crippen MR) is 131 cm³/mol. The van der Waals surface area contributed by atoms with E-state index in [0.717, 1.165) is 50.2 Å². The van der Waals surface area contributed by atoms with Crippen LogP contribution in [0.3, 0.4) is 0 Å². The lowest BCUT2D eigenvalue weighted by atomic mass is 9.96. The number of hydrogen-bond donors (Lipinski definition) is 3. The Morgan fingerprint density at radius 1 is 1.22 bits per heavy atom. The van der Waals surface area contributed by atoms with Gasteiger partial charge in [-0.15, -0.1) is 0 Å². The van der Waals surface area contributed by atoms with Crippen LogP contribution in [0.15, 0.2) is 47.5 Å². The standard InChI is InChI=1S/C22H28ClN5O3S/c1-32(29,30)27-22(26-18-4-2-17(23)3-5-18)25-15-16-8-11-28(12-9-16)19-6-7-21-20(14-19)24-10-13-31-21/h2-7,14,16,24H,8-13,15H2,1H3,(H2,25,26,27). The maximum absolute atomic E-state index is 11.8. The molecule has 32 heavy (non-hydrogen) atoms. The van der Waals surface area contributed by atoms with Crippen LogP contribution in [0.1, 0.15) is 12.8 Å².